The smallest absolute Gasteiger partial charge is 0.129 e. The van der Waals surface area contributed by atoms with Gasteiger partial charge in [0.1, 0.15) is 5.82 Å². The van der Waals surface area contributed by atoms with E-state index < -0.39 is 0 Å². The lowest BCUT2D eigenvalue weighted by Gasteiger charge is -2.07. The summed E-state index contributed by atoms with van der Waals surface area (Å²) in [6.45, 7) is 5.65. The van der Waals surface area contributed by atoms with Crippen LogP contribution < -0.4 is 10.6 Å². The molecule has 4 heteroatoms. The SMILES string of the molecule is CCCNCCCNCc1ccc(Cl)cc1F. The van der Waals surface area contributed by atoms with E-state index in [-0.39, 0.29) is 5.82 Å². The van der Waals surface area contributed by atoms with Crippen LogP contribution in [0.3, 0.4) is 0 Å². The van der Waals surface area contributed by atoms with Gasteiger partial charge in [0.25, 0.3) is 0 Å². The molecule has 0 unspecified atom stereocenters. The molecule has 0 aliphatic rings. The molecule has 0 bridgehead atoms. The third kappa shape index (κ3) is 6.01. The summed E-state index contributed by atoms with van der Waals surface area (Å²) < 4.78 is 13.4. The maximum atomic E-state index is 13.4. The summed E-state index contributed by atoms with van der Waals surface area (Å²) in [6.07, 6.45) is 2.21. The van der Waals surface area contributed by atoms with Crippen LogP contribution in [-0.2, 0) is 6.54 Å². The van der Waals surface area contributed by atoms with Gasteiger partial charge in [0, 0.05) is 17.1 Å². The molecule has 0 saturated carbocycles. The molecule has 2 N–H and O–H groups in total. The Morgan fingerprint density at radius 2 is 1.94 bits per heavy atom. The van der Waals surface area contributed by atoms with E-state index in [0.29, 0.717) is 17.1 Å². The second-order valence-corrected chi connectivity index (χ2v) is 4.45. The number of halogens is 2. The second-order valence-electron chi connectivity index (χ2n) is 4.02. The molecule has 0 heterocycles. The van der Waals surface area contributed by atoms with E-state index >= 15 is 0 Å². The molecule has 0 spiro atoms. The van der Waals surface area contributed by atoms with Crippen molar-refractivity contribution in [1.29, 1.82) is 0 Å². The van der Waals surface area contributed by atoms with E-state index in [4.69, 9.17) is 11.6 Å². The lowest BCUT2D eigenvalue weighted by molar-refractivity contribution is 0.566. The van der Waals surface area contributed by atoms with E-state index in [1.54, 1.807) is 12.1 Å². The molecule has 0 fully saturated rings. The first-order valence-electron chi connectivity index (χ1n) is 6.09. The predicted molar refractivity (Wildman–Crippen MR) is 70.9 cm³/mol. The summed E-state index contributed by atoms with van der Waals surface area (Å²) >= 11 is 5.68. The molecule has 0 amide bonds. The number of nitrogens with one attached hydrogen (secondary N) is 2. The fourth-order valence-corrected chi connectivity index (χ4v) is 1.69. The van der Waals surface area contributed by atoms with Crippen molar-refractivity contribution in [3.05, 3.63) is 34.6 Å². The van der Waals surface area contributed by atoms with Crippen LogP contribution in [0.1, 0.15) is 25.3 Å². The molecule has 0 aromatic heterocycles. The summed E-state index contributed by atoms with van der Waals surface area (Å²) in [6, 6.07) is 4.78. The van der Waals surface area contributed by atoms with Gasteiger partial charge in [-0.3, -0.25) is 0 Å². The van der Waals surface area contributed by atoms with Crippen molar-refractivity contribution in [1.82, 2.24) is 10.6 Å². The summed E-state index contributed by atoms with van der Waals surface area (Å²) in [7, 11) is 0. The highest BCUT2D eigenvalue weighted by Gasteiger charge is 2.01. The first kappa shape index (κ1) is 14.4. The van der Waals surface area contributed by atoms with Crippen LogP contribution in [0, 0.1) is 5.82 Å². The third-order valence-electron chi connectivity index (χ3n) is 2.46. The molecule has 2 nitrogen and oxygen atoms in total. The van der Waals surface area contributed by atoms with Gasteiger partial charge in [-0.15, -0.1) is 0 Å². The first-order chi connectivity index (χ1) is 8.24. The number of benzene rings is 1. The Morgan fingerprint density at radius 3 is 2.65 bits per heavy atom. The van der Waals surface area contributed by atoms with E-state index in [1.165, 1.54) is 6.07 Å². The lowest BCUT2D eigenvalue weighted by atomic mass is 10.2. The Bertz CT molecular complexity index is 331. The van der Waals surface area contributed by atoms with Crippen LogP contribution in [0.4, 0.5) is 4.39 Å². The van der Waals surface area contributed by atoms with Crippen LogP contribution in [0.15, 0.2) is 18.2 Å². The molecular weight excluding hydrogens is 239 g/mol. The minimum Gasteiger partial charge on any atom is -0.317 e. The average Bonchev–Trinajstić information content (AvgIpc) is 2.30. The van der Waals surface area contributed by atoms with Crippen LogP contribution in [0.2, 0.25) is 5.02 Å². The van der Waals surface area contributed by atoms with Crippen molar-refractivity contribution in [2.75, 3.05) is 19.6 Å². The van der Waals surface area contributed by atoms with Gasteiger partial charge >= 0.3 is 0 Å². The molecule has 1 rings (SSSR count). The number of hydrogen-bond donors (Lipinski definition) is 2. The first-order valence-corrected chi connectivity index (χ1v) is 6.47. The third-order valence-corrected chi connectivity index (χ3v) is 2.70. The van der Waals surface area contributed by atoms with Crippen molar-refractivity contribution < 1.29 is 4.39 Å². The largest absolute Gasteiger partial charge is 0.317 e. The van der Waals surface area contributed by atoms with Crippen LogP contribution >= 0.6 is 11.6 Å². The van der Waals surface area contributed by atoms with E-state index in [9.17, 15) is 4.39 Å². The standard InChI is InChI=1S/C13H20ClFN2/c1-2-6-16-7-3-8-17-10-11-4-5-12(14)9-13(11)15/h4-5,9,16-17H,2-3,6-8,10H2,1H3. The molecule has 17 heavy (non-hydrogen) atoms. The molecule has 1 aromatic carbocycles. The predicted octanol–water partition coefficient (Wildman–Crippen LogP) is 2.96. The van der Waals surface area contributed by atoms with Gasteiger partial charge in [-0.05, 0) is 44.6 Å². The maximum absolute atomic E-state index is 13.4. The Labute approximate surface area is 108 Å². The Hall–Kier alpha value is -0.640. The summed E-state index contributed by atoms with van der Waals surface area (Å²) in [5, 5.41) is 6.98. The highest BCUT2D eigenvalue weighted by molar-refractivity contribution is 6.30. The van der Waals surface area contributed by atoms with Crippen molar-refractivity contribution in [3.63, 3.8) is 0 Å². The number of rotatable bonds is 8. The summed E-state index contributed by atoms with van der Waals surface area (Å²) in [4.78, 5) is 0. The van der Waals surface area contributed by atoms with Gasteiger partial charge in [-0.1, -0.05) is 24.6 Å². The van der Waals surface area contributed by atoms with Crippen molar-refractivity contribution in [2.24, 2.45) is 0 Å². The molecule has 0 saturated heterocycles. The Kier molecular flexibility index (Phi) is 7.17. The summed E-state index contributed by atoms with van der Waals surface area (Å²) in [5.41, 5.74) is 0.663. The zero-order valence-electron chi connectivity index (χ0n) is 10.2. The van der Waals surface area contributed by atoms with E-state index in [1.807, 2.05) is 0 Å². The van der Waals surface area contributed by atoms with E-state index in [2.05, 4.69) is 17.6 Å². The fraction of sp³-hybridized carbons (Fsp3) is 0.538. The van der Waals surface area contributed by atoms with Crippen LogP contribution in [0.5, 0.6) is 0 Å². The van der Waals surface area contributed by atoms with Gasteiger partial charge in [-0.2, -0.15) is 0 Å². The number of hydrogen-bond acceptors (Lipinski definition) is 2. The Morgan fingerprint density at radius 1 is 1.18 bits per heavy atom. The molecule has 0 atom stereocenters. The molecule has 0 aliphatic carbocycles. The van der Waals surface area contributed by atoms with Crippen molar-refractivity contribution in [2.45, 2.75) is 26.3 Å². The van der Waals surface area contributed by atoms with Crippen LogP contribution in [0.25, 0.3) is 0 Å². The van der Waals surface area contributed by atoms with Gasteiger partial charge in [-0.25, -0.2) is 4.39 Å². The second kappa shape index (κ2) is 8.45. The minimum atomic E-state index is -0.242. The molecule has 1 aromatic rings. The molecule has 96 valence electrons. The van der Waals surface area contributed by atoms with Crippen molar-refractivity contribution in [3.8, 4) is 0 Å². The summed E-state index contributed by atoms with van der Waals surface area (Å²) in [5.74, 6) is -0.242. The normalized spacial score (nSPS) is 10.8. The van der Waals surface area contributed by atoms with Crippen molar-refractivity contribution >= 4 is 11.6 Å². The molecule has 0 aliphatic heterocycles. The van der Waals surface area contributed by atoms with Gasteiger partial charge in [0.15, 0.2) is 0 Å². The highest BCUT2D eigenvalue weighted by Crippen LogP contribution is 2.14. The Balaban J connectivity index is 2.14. The fourth-order valence-electron chi connectivity index (χ4n) is 1.53. The lowest BCUT2D eigenvalue weighted by Crippen LogP contribution is -2.22. The zero-order valence-corrected chi connectivity index (χ0v) is 11.0. The quantitative estimate of drug-likeness (QED) is 0.701. The van der Waals surface area contributed by atoms with Crippen LogP contribution in [-0.4, -0.2) is 19.6 Å². The molecular formula is C13H20ClFN2. The highest BCUT2D eigenvalue weighted by atomic mass is 35.5. The van der Waals surface area contributed by atoms with Gasteiger partial charge in [0.05, 0.1) is 0 Å². The minimum absolute atomic E-state index is 0.242. The molecule has 0 radical (unpaired) electrons. The maximum Gasteiger partial charge on any atom is 0.129 e. The van der Waals surface area contributed by atoms with Gasteiger partial charge < -0.3 is 10.6 Å². The zero-order chi connectivity index (χ0) is 12.5. The van der Waals surface area contributed by atoms with Gasteiger partial charge in [0.2, 0.25) is 0 Å². The average molecular weight is 259 g/mol. The van der Waals surface area contributed by atoms with E-state index in [0.717, 1.165) is 32.5 Å². The topological polar surface area (TPSA) is 24.1 Å². The monoisotopic (exact) mass is 258 g/mol.